The molecule has 0 bridgehead atoms. The van der Waals surface area contributed by atoms with Gasteiger partial charge in [0.1, 0.15) is 0 Å². The van der Waals surface area contributed by atoms with Crippen LogP contribution in [0.5, 0.6) is 0 Å². The van der Waals surface area contributed by atoms with Crippen LogP contribution in [0.3, 0.4) is 0 Å². The summed E-state index contributed by atoms with van der Waals surface area (Å²) in [4.78, 5) is 0. The molecule has 0 heterocycles. The first-order valence-corrected chi connectivity index (χ1v) is 4.65. The van der Waals surface area contributed by atoms with Crippen LogP contribution in [-0.2, 0) is 4.74 Å². The molecule has 0 unspecified atom stereocenters. The Hall–Kier alpha value is -0.175. The molecule has 0 fully saturated rings. The molecule has 6 nitrogen and oxygen atoms in total. The van der Waals surface area contributed by atoms with Gasteiger partial charge in [0.2, 0.25) is 0 Å². The first-order chi connectivity index (χ1) is 6.54. The topological polar surface area (TPSA) is 116 Å². The maximum atomic E-state index is 9.61. The fourth-order valence-electron chi connectivity index (χ4n) is 0.491. The minimum atomic E-state index is -2.17. The summed E-state index contributed by atoms with van der Waals surface area (Å²) < 4.78 is 5.37. The van der Waals surface area contributed by atoms with E-state index in [1.807, 2.05) is 13.8 Å². The molecule has 0 aromatic rings. The van der Waals surface area contributed by atoms with E-state index in [2.05, 4.69) is 0 Å². The quantitative estimate of drug-likeness (QED) is 0.369. The summed E-state index contributed by atoms with van der Waals surface area (Å²) in [5, 5.41) is 31.1. The summed E-state index contributed by atoms with van der Waals surface area (Å²) in [5.41, 5.74) is 3.91. The van der Waals surface area contributed by atoms with E-state index in [1.165, 1.54) is 0 Å². The zero-order chi connectivity index (χ0) is 12.7. The molecule has 0 aliphatic carbocycles. The molecule has 0 rings (SSSR count). The van der Waals surface area contributed by atoms with Crippen LogP contribution in [0.15, 0.2) is 0 Å². The minimum Gasteiger partial charge on any atom is -0.402 e. The van der Waals surface area contributed by atoms with Gasteiger partial charge in [-0.1, -0.05) is 0 Å². The van der Waals surface area contributed by atoms with E-state index in [9.17, 15) is 5.11 Å². The van der Waals surface area contributed by atoms with Crippen molar-refractivity contribution in [2.45, 2.75) is 38.9 Å². The number of hydrogen-bond donors (Lipinski definition) is 5. The molecule has 0 aliphatic rings. The van der Waals surface area contributed by atoms with E-state index < -0.39 is 18.5 Å². The van der Waals surface area contributed by atoms with Crippen LogP contribution in [0.4, 0.5) is 0 Å². The summed E-state index contributed by atoms with van der Waals surface area (Å²) in [7, 11) is -2.17. The maximum Gasteiger partial charge on any atom is 0.631 e. The van der Waals surface area contributed by atoms with E-state index in [-0.39, 0.29) is 0 Å². The van der Waals surface area contributed by atoms with Gasteiger partial charge in [-0.05, 0) is 27.7 Å². The van der Waals surface area contributed by atoms with E-state index in [4.69, 9.17) is 25.5 Å². The first kappa shape index (κ1) is 17.2. The minimum absolute atomic E-state index is 0.483. The third kappa shape index (κ3) is 10.1. The van der Waals surface area contributed by atoms with Gasteiger partial charge in [-0.2, -0.15) is 0 Å². The smallest absolute Gasteiger partial charge is 0.402 e. The molecule has 15 heavy (non-hydrogen) atoms. The van der Waals surface area contributed by atoms with Crippen LogP contribution in [0.2, 0.25) is 0 Å². The number of nitrogens with two attached hydrogens (primary N) is 1. The van der Waals surface area contributed by atoms with Crippen LogP contribution in [0, 0.1) is 0 Å². The predicted octanol–water partition coefficient (Wildman–Crippen LogP) is -1.54. The molecule has 0 radical (unpaired) electrons. The monoisotopic (exact) mass is 223 g/mol. The second-order valence-corrected chi connectivity index (χ2v) is 4.05. The Morgan fingerprint density at radius 2 is 1.47 bits per heavy atom. The van der Waals surface area contributed by atoms with Gasteiger partial charge >= 0.3 is 7.32 Å². The molecule has 0 atom stereocenters. The van der Waals surface area contributed by atoms with Crippen molar-refractivity contribution < 1.29 is 24.9 Å². The Labute approximate surface area is 90.9 Å². The van der Waals surface area contributed by atoms with Gasteiger partial charge in [-0.15, -0.1) is 0 Å². The Balaban J connectivity index is 0. The number of hydrogen-bond acceptors (Lipinski definition) is 6. The lowest BCUT2D eigenvalue weighted by atomic mass is 9.89. The lowest BCUT2D eigenvalue weighted by molar-refractivity contribution is -0.145. The molecule has 7 heteroatoms. The molecule has 0 saturated heterocycles. The predicted molar refractivity (Wildman–Crippen MR) is 57.8 cm³/mol. The fourth-order valence-corrected chi connectivity index (χ4v) is 0.491. The molecule has 0 aromatic carbocycles. The lowest BCUT2D eigenvalue weighted by Gasteiger charge is -2.36. The van der Waals surface area contributed by atoms with E-state index in [1.54, 1.807) is 13.8 Å². The Bertz CT molecular complexity index is 155. The van der Waals surface area contributed by atoms with Crippen molar-refractivity contribution in [1.82, 2.24) is 0 Å². The van der Waals surface area contributed by atoms with Crippen molar-refractivity contribution in [3.63, 3.8) is 0 Å². The van der Waals surface area contributed by atoms with E-state index in [0.717, 1.165) is 0 Å². The number of aliphatic hydroxyl groups is 1. The SMILES string of the molecule is CC(C)(O)C(C)(C)OCCN.OB(O)O. The second-order valence-electron chi connectivity index (χ2n) is 4.05. The molecular formula is C8H22BNO5. The molecule has 6 N–H and O–H groups in total. The third-order valence-electron chi connectivity index (χ3n) is 2.05. The normalized spacial score (nSPS) is 11.8. The van der Waals surface area contributed by atoms with Gasteiger partial charge in [0.05, 0.1) is 17.8 Å². The van der Waals surface area contributed by atoms with Crippen molar-refractivity contribution in [3.05, 3.63) is 0 Å². The van der Waals surface area contributed by atoms with Crippen molar-refractivity contribution in [1.29, 1.82) is 0 Å². The van der Waals surface area contributed by atoms with Gasteiger partial charge in [-0.25, -0.2) is 0 Å². The Kier molecular flexibility index (Phi) is 8.22. The standard InChI is InChI=1S/C8H19NO2.BH3O3/c1-7(2,10)8(3,4)11-6-5-9;2-1(3)4/h10H,5-6,9H2,1-4H3;2-4H. The molecule has 0 spiro atoms. The van der Waals surface area contributed by atoms with Crippen LogP contribution in [0.1, 0.15) is 27.7 Å². The summed E-state index contributed by atoms with van der Waals surface area (Å²) in [6.07, 6.45) is 0. The van der Waals surface area contributed by atoms with Crippen LogP contribution < -0.4 is 5.73 Å². The van der Waals surface area contributed by atoms with Crippen molar-refractivity contribution >= 4 is 7.32 Å². The largest absolute Gasteiger partial charge is 0.631 e. The van der Waals surface area contributed by atoms with Crippen LogP contribution in [0.25, 0.3) is 0 Å². The number of ether oxygens (including phenoxy) is 1. The average molecular weight is 223 g/mol. The van der Waals surface area contributed by atoms with E-state index >= 15 is 0 Å². The summed E-state index contributed by atoms with van der Waals surface area (Å²) in [5.74, 6) is 0. The van der Waals surface area contributed by atoms with Crippen LogP contribution in [-0.4, -0.2) is 51.9 Å². The van der Waals surface area contributed by atoms with Crippen LogP contribution >= 0.6 is 0 Å². The Morgan fingerprint density at radius 3 is 1.67 bits per heavy atom. The van der Waals surface area contributed by atoms with Gasteiger partial charge in [0, 0.05) is 6.54 Å². The zero-order valence-corrected chi connectivity index (χ0v) is 9.77. The molecule has 0 saturated carbocycles. The third-order valence-corrected chi connectivity index (χ3v) is 2.05. The van der Waals surface area contributed by atoms with Gasteiger partial charge in [-0.3, -0.25) is 0 Å². The van der Waals surface area contributed by atoms with Gasteiger partial charge < -0.3 is 30.6 Å². The fraction of sp³-hybridized carbons (Fsp3) is 1.00. The van der Waals surface area contributed by atoms with Gasteiger partial charge in [0.25, 0.3) is 0 Å². The first-order valence-electron chi connectivity index (χ1n) is 4.65. The lowest BCUT2D eigenvalue weighted by Crippen LogP contribution is -2.47. The highest BCUT2D eigenvalue weighted by atomic mass is 16.5. The summed E-state index contributed by atoms with van der Waals surface area (Å²) >= 11 is 0. The highest BCUT2D eigenvalue weighted by Gasteiger charge is 2.35. The molecule has 0 aliphatic heterocycles. The number of rotatable bonds is 4. The van der Waals surface area contributed by atoms with Crippen molar-refractivity contribution in [2.75, 3.05) is 13.2 Å². The average Bonchev–Trinajstić information content (AvgIpc) is 1.97. The summed E-state index contributed by atoms with van der Waals surface area (Å²) in [6, 6.07) is 0. The zero-order valence-electron chi connectivity index (χ0n) is 9.77. The second kappa shape index (κ2) is 7.16. The molecule has 0 amide bonds. The van der Waals surface area contributed by atoms with Crippen molar-refractivity contribution in [3.8, 4) is 0 Å². The molecule has 0 aromatic heterocycles. The molecule has 92 valence electrons. The van der Waals surface area contributed by atoms with Gasteiger partial charge in [0.15, 0.2) is 0 Å². The molecular weight excluding hydrogens is 201 g/mol. The maximum absolute atomic E-state index is 9.61. The highest BCUT2D eigenvalue weighted by molar-refractivity contribution is 6.30. The highest BCUT2D eigenvalue weighted by Crippen LogP contribution is 2.24. The Morgan fingerprint density at radius 1 is 1.13 bits per heavy atom. The van der Waals surface area contributed by atoms with Crippen molar-refractivity contribution in [2.24, 2.45) is 5.73 Å². The van der Waals surface area contributed by atoms with E-state index in [0.29, 0.717) is 13.2 Å². The summed E-state index contributed by atoms with van der Waals surface area (Å²) in [6.45, 7) is 8.12.